The Balaban J connectivity index is 1.63. The number of benzene rings is 2. The van der Waals surface area contributed by atoms with Crippen molar-refractivity contribution in [1.82, 2.24) is 4.90 Å². The lowest BCUT2D eigenvalue weighted by atomic mass is 9.96. The summed E-state index contributed by atoms with van der Waals surface area (Å²) in [6, 6.07) is 9.81. The number of piperidine rings is 1. The van der Waals surface area contributed by atoms with Gasteiger partial charge in [0.25, 0.3) is 0 Å². The van der Waals surface area contributed by atoms with E-state index in [9.17, 15) is 9.18 Å². The van der Waals surface area contributed by atoms with Gasteiger partial charge in [-0.1, -0.05) is 29.3 Å². The Hall–Kier alpha value is -1.82. The summed E-state index contributed by atoms with van der Waals surface area (Å²) in [5.74, 6) is -0.00652. The van der Waals surface area contributed by atoms with Gasteiger partial charge in [-0.25, -0.2) is 4.39 Å². The molecule has 1 aliphatic rings. The van der Waals surface area contributed by atoms with Crippen LogP contribution in [-0.2, 0) is 11.3 Å². The zero-order valence-electron chi connectivity index (χ0n) is 15.0. The quantitative estimate of drug-likeness (QED) is 0.754. The van der Waals surface area contributed by atoms with Gasteiger partial charge in [0.1, 0.15) is 11.6 Å². The second kappa shape index (κ2) is 8.91. The molecule has 3 rings (SSSR count). The van der Waals surface area contributed by atoms with Crippen LogP contribution in [0.1, 0.15) is 18.4 Å². The van der Waals surface area contributed by atoms with E-state index < -0.39 is 0 Å². The summed E-state index contributed by atoms with van der Waals surface area (Å²) in [6.45, 7) is 1.76. The molecule has 1 aliphatic heterocycles. The molecule has 0 aromatic heterocycles. The summed E-state index contributed by atoms with van der Waals surface area (Å²) >= 11 is 12.2. The van der Waals surface area contributed by atoms with Gasteiger partial charge in [-0.3, -0.25) is 9.69 Å². The van der Waals surface area contributed by atoms with E-state index >= 15 is 0 Å². The highest BCUT2D eigenvalue weighted by atomic mass is 35.5. The number of nitrogens with one attached hydrogen (secondary N) is 1. The average molecular weight is 411 g/mol. The van der Waals surface area contributed by atoms with Crippen LogP contribution in [0.25, 0.3) is 0 Å². The second-order valence-electron chi connectivity index (χ2n) is 6.61. The molecule has 1 N–H and O–H groups in total. The maximum atomic E-state index is 14.0. The van der Waals surface area contributed by atoms with Gasteiger partial charge in [-0.05, 0) is 49.7 Å². The van der Waals surface area contributed by atoms with E-state index in [1.807, 2.05) is 0 Å². The standard InChI is InChI=1S/C20H21Cl2FN2O2/c1-27-19-8-7-14(10-17(19)22)24-20(26)13-4-3-9-25(11-13)12-15-16(21)5-2-6-18(15)23/h2,5-8,10,13H,3-4,9,11-12H2,1H3,(H,24,26). The van der Waals surface area contributed by atoms with Crippen LogP contribution >= 0.6 is 23.2 Å². The molecule has 4 nitrogen and oxygen atoms in total. The number of halogens is 3. The summed E-state index contributed by atoms with van der Waals surface area (Å²) in [6.07, 6.45) is 1.66. The average Bonchev–Trinajstić information content (AvgIpc) is 2.65. The smallest absolute Gasteiger partial charge is 0.228 e. The fraction of sp³-hybridized carbons (Fsp3) is 0.350. The normalized spacial score (nSPS) is 17.6. The third-order valence-electron chi connectivity index (χ3n) is 4.74. The highest BCUT2D eigenvalue weighted by Crippen LogP contribution is 2.28. The Labute approximate surface area is 168 Å². The van der Waals surface area contributed by atoms with E-state index in [0.717, 1.165) is 19.4 Å². The minimum atomic E-state index is -0.318. The number of carbonyl (C=O) groups is 1. The molecule has 1 atom stereocenters. The van der Waals surface area contributed by atoms with Gasteiger partial charge >= 0.3 is 0 Å². The van der Waals surface area contributed by atoms with Crippen LogP contribution < -0.4 is 10.1 Å². The van der Waals surface area contributed by atoms with Crippen molar-refractivity contribution in [3.8, 4) is 5.75 Å². The fourth-order valence-electron chi connectivity index (χ4n) is 3.31. The van der Waals surface area contributed by atoms with Crippen molar-refractivity contribution in [3.63, 3.8) is 0 Å². The number of methoxy groups -OCH3 is 1. The summed E-state index contributed by atoms with van der Waals surface area (Å²) < 4.78 is 19.2. The predicted octanol–water partition coefficient (Wildman–Crippen LogP) is 4.99. The maximum Gasteiger partial charge on any atom is 0.228 e. The van der Waals surface area contributed by atoms with Crippen LogP contribution in [0.3, 0.4) is 0 Å². The first-order valence-corrected chi connectivity index (χ1v) is 9.53. The molecule has 0 aliphatic carbocycles. The number of ether oxygens (including phenoxy) is 1. The highest BCUT2D eigenvalue weighted by molar-refractivity contribution is 6.32. The van der Waals surface area contributed by atoms with Crippen molar-refractivity contribution in [1.29, 1.82) is 0 Å². The number of nitrogens with zero attached hydrogens (tertiary/aromatic N) is 1. The van der Waals surface area contributed by atoms with Gasteiger partial charge in [-0.2, -0.15) is 0 Å². The van der Waals surface area contributed by atoms with Crippen LogP contribution in [0.5, 0.6) is 5.75 Å². The molecule has 2 aromatic rings. The molecule has 1 fully saturated rings. The Morgan fingerprint density at radius 3 is 2.81 bits per heavy atom. The number of carbonyl (C=O) groups excluding carboxylic acids is 1. The summed E-state index contributed by atoms with van der Waals surface area (Å²) in [4.78, 5) is 14.7. The number of anilines is 1. The molecular formula is C20H21Cl2FN2O2. The number of likely N-dealkylation sites (tertiary alicyclic amines) is 1. The molecule has 0 bridgehead atoms. The predicted molar refractivity (Wildman–Crippen MR) is 106 cm³/mol. The van der Waals surface area contributed by atoms with Crippen molar-refractivity contribution in [2.75, 3.05) is 25.5 Å². The van der Waals surface area contributed by atoms with Crippen LogP contribution in [0.2, 0.25) is 10.0 Å². The summed E-state index contributed by atoms with van der Waals surface area (Å²) in [5.41, 5.74) is 1.10. The van der Waals surface area contributed by atoms with E-state index in [1.165, 1.54) is 13.2 Å². The van der Waals surface area contributed by atoms with E-state index in [-0.39, 0.29) is 17.6 Å². The molecule has 0 saturated carbocycles. The monoisotopic (exact) mass is 410 g/mol. The number of amides is 1. The minimum Gasteiger partial charge on any atom is -0.495 e. The largest absolute Gasteiger partial charge is 0.495 e. The first-order valence-electron chi connectivity index (χ1n) is 8.77. The Bertz CT molecular complexity index is 811. The zero-order chi connectivity index (χ0) is 19.4. The fourth-order valence-corrected chi connectivity index (χ4v) is 3.79. The topological polar surface area (TPSA) is 41.6 Å². The van der Waals surface area contributed by atoms with Gasteiger partial charge < -0.3 is 10.1 Å². The van der Waals surface area contributed by atoms with Crippen molar-refractivity contribution in [3.05, 3.63) is 57.8 Å². The molecule has 0 radical (unpaired) electrons. The van der Waals surface area contributed by atoms with Crippen LogP contribution in [0.4, 0.5) is 10.1 Å². The summed E-state index contributed by atoms with van der Waals surface area (Å²) in [5, 5.41) is 3.76. The lowest BCUT2D eigenvalue weighted by molar-refractivity contribution is -0.121. The second-order valence-corrected chi connectivity index (χ2v) is 7.43. The number of rotatable bonds is 5. The molecule has 27 heavy (non-hydrogen) atoms. The number of hydrogen-bond donors (Lipinski definition) is 1. The van der Waals surface area contributed by atoms with Crippen molar-refractivity contribution in [2.24, 2.45) is 5.92 Å². The van der Waals surface area contributed by atoms with Gasteiger partial charge in [0.15, 0.2) is 0 Å². The Kier molecular flexibility index (Phi) is 6.58. The molecule has 2 aromatic carbocycles. The van der Waals surface area contributed by atoms with Crippen molar-refractivity contribution < 1.29 is 13.9 Å². The van der Waals surface area contributed by atoms with Crippen LogP contribution in [0.15, 0.2) is 36.4 Å². The lowest BCUT2D eigenvalue weighted by Gasteiger charge is -2.32. The van der Waals surface area contributed by atoms with Crippen molar-refractivity contribution >= 4 is 34.8 Å². The lowest BCUT2D eigenvalue weighted by Crippen LogP contribution is -2.40. The molecule has 144 valence electrons. The van der Waals surface area contributed by atoms with Crippen LogP contribution in [-0.4, -0.2) is 31.0 Å². The maximum absolute atomic E-state index is 14.0. The van der Waals surface area contributed by atoms with E-state index in [1.54, 1.807) is 30.3 Å². The number of hydrogen-bond acceptors (Lipinski definition) is 3. The Morgan fingerprint density at radius 2 is 2.11 bits per heavy atom. The molecule has 0 spiro atoms. The van der Waals surface area contributed by atoms with E-state index in [2.05, 4.69) is 10.2 Å². The molecule has 1 amide bonds. The molecule has 1 unspecified atom stereocenters. The van der Waals surface area contributed by atoms with Gasteiger partial charge in [0.2, 0.25) is 5.91 Å². The first kappa shape index (κ1) is 19.9. The molecular weight excluding hydrogens is 390 g/mol. The highest BCUT2D eigenvalue weighted by Gasteiger charge is 2.27. The summed E-state index contributed by atoms with van der Waals surface area (Å²) in [7, 11) is 1.54. The molecule has 1 heterocycles. The zero-order valence-corrected chi connectivity index (χ0v) is 16.5. The van der Waals surface area contributed by atoms with Gasteiger partial charge in [-0.15, -0.1) is 0 Å². The van der Waals surface area contributed by atoms with Crippen LogP contribution in [0, 0.1) is 11.7 Å². The first-order chi connectivity index (χ1) is 13.0. The van der Waals surface area contributed by atoms with E-state index in [0.29, 0.717) is 40.1 Å². The molecule has 1 saturated heterocycles. The third kappa shape index (κ3) is 4.92. The third-order valence-corrected chi connectivity index (χ3v) is 5.39. The van der Waals surface area contributed by atoms with Gasteiger partial charge in [0.05, 0.1) is 18.1 Å². The van der Waals surface area contributed by atoms with E-state index in [4.69, 9.17) is 27.9 Å². The molecule has 7 heteroatoms. The van der Waals surface area contributed by atoms with Gasteiger partial charge in [0, 0.05) is 29.4 Å². The minimum absolute atomic E-state index is 0.0689. The Morgan fingerprint density at radius 1 is 1.30 bits per heavy atom. The SMILES string of the molecule is COc1ccc(NC(=O)C2CCCN(Cc3c(F)cccc3Cl)C2)cc1Cl. The van der Waals surface area contributed by atoms with Crippen molar-refractivity contribution in [2.45, 2.75) is 19.4 Å².